The summed E-state index contributed by atoms with van der Waals surface area (Å²) in [5.41, 5.74) is -3.51. The Morgan fingerprint density at radius 1 is 0.941 bits per heavy atom. The lowest BCUT2D eigenvalue weighted by Gasteiger charge is -2.61. The first-order valence-corrected chi connectivity index (χ1v) is 6.09. The lowest BCUT2D eigenvalue weighted by Crippen LogP contribution is -2.70. The van der Waals surface area contributed by atoms with Gasteiger partial charge in [-0.15, -0.1) is 0 Å². The van der Waals surface area contributed by atoms with Crippen LogP contribution >= 0.6 is 0 Å². The highest BCUT2D eigenvalue weighted by Gasteiger charge is 2.72. The normalized spacial score (nSPS) is 51.5. The summed E-state index contributed by atoms with van der Waals surface area (Å²) in [7, 11) is 0. The van der Waals surface area contributed by atoms with E-state index in [1.54, 1.807) is 0 Å². The lowest BCUT2D eigenvalue weighted by molar-refractivity contribution is -0.241. The van der Waals surface area contributed by atoms with Crippen molar-refractivity contribution >= 4 is 11.9 Å². The summed E-state index contributed by atoms with van der Waals surface area (Å²) < 4.78 is 0. The molecular weight excluding hydrogens is 224 g/mol. The largest absolute Gasteiger partial charge is 0.481 e. The zero-order chi connectivity index (χ0) is 12.4. The van der Waals surface area contributed by atoms with Crippen molar-refractivity contribution in [3.63, 3.8) is 0 Å². The van der Waals surface area contributed by atoms with Crippen LogP contribution in [0.5, 0.6) is 0 Å². The molecule has 3 atom stereocenters. The molecule has 5 heteroatoms. The number of rotatable bonds is 2. The summed E-state index contributed by atoms with van der Waals surface area (Å²) in [6, 6.07) is 0. The van der Waals surface area contributed by atoms with Crippen molar-refractivity contribution in [1.29, 1.82) is 0 Å². The molecule has 4 aliphatic carbocycles. The summed E-state index contributed by atoms with van der Waals surface area (Å²) in [5, 5.41) is 29.3. The second-order valence-corrected chi connectivity index (χ2v) is 6.00. The van der Waals surface area contributed by atoms with Gasteiger partial charge in [0.15, 0.2) is 5.60 Å². The van der Waals surface area contributed by atoms with Crippen molar-refractivity contribution in [2.24, 2.45) is 23.2 Å². The Hall–Kier alpha value is -1.10. The molecule has 0 aromatic carbocycles. The predicted molar refractivity (Wildman–Crippen MR) is 56.2 cm³/mol. The SMILES string of the molecule is O=C(O)C12CC3CC(CC(C3)C1(O)C(=O)O)C2. The third-order valence-electron chi connectivity index (χ3n) is 5.23. The van der Waals surface area contributed by atoms with Gasteiger partial charge in [0.2, 0.25) is 0 Å². The fraction of sp³-hybridized carbons (Fsp3) is 0.833. The van der Waals surface area contributed by atoms with Crippen molar-refractivity contribution in [1.82, 2.24) is 0 Å². The second kappa shape index (κ2) is 3.02. The van der Waals surface area contributed by atoms with E-state index >= 15 is 0 Å². The first-order valence-electron chi connectivity index (χ1n) is 6.09. The van der Waals surface area contributed by atoms with E-state index in [1.165, 1.54) is 0 Å². The zero-order valence-corrected chi connectivity index (χ0v) is 9.43. The standard InChI is InChI=1S/C12H16O5/c13-9(14)11-4-6-1-7(5-11)3-8(2-6)12(11,17)10(15)16/h6-8,17H,1-5H2,(H,13,14)(H,15,16). The molecule has 4 aliphatic rings. The van der Waals surface area contributed by atoms with Gasteiger partial charge in [-0.1, -0.05) is 0 Å². The van der Waals surface area contributed by atoms with E-state index in [9.17, 15) is 24.9 Å². The maximum absolute atomic E-state index is 11.5. The van der Waals surface area contributed by atoms with Crippen LogP contribution in [-0.4, -0.2) is 32.9 Å². The Balaban J connectivity index is 2.14. The minimum atomic E-state index is -2.06. The molecule has 0 spiro atoms. The van der Waals surface area contributed by atoms with Gasteiger partial charge in [-0.05, 0) is 43.9 Å². The van der Waals surface area contributed by atoms with E-state index in [-0.39, 0.29) is 17.8 Å². The van der Waals surface area contributed by atoms with Gasteiger partial charge in [0.05, 0.1) is 0 Å². The molecule has 0 aromatic heterocycles. The van der Waals surface area contributed by atoms with Crippen molar-refractivity contribution < 1.29 is 24.9 Å². The average molecular weight is 240 g/mol. The topological polar surface area (TPSA) is 94.8 Å². The Bertz CT molecular complexity index is 390. The maximum Gasteiger partial charge on any atom is 0.337 e. The van der Waals surface area contributed by atoms with Gasteiger partial charge in [0, 0.05) is 5.92 Å². The van der Waals surface area contributed by atoms with E-state index < -0.39 is 23.0 Å². The predicted octanol–water partition coefficient (Wildman–Crippen LogP) is 0.713. The molecule has 94 valence electrons. The minimum Gasteiger partial charge on any atom is -0.481 e. The van der Waals surface area contributed by atoms with Crippen LogP contribution in [0.1, 0.15) is 32.1 Å². The summed E-state index contributed by atoms with van der Waals surface area (Å²) >= 11 is 0. The van der Waals surface area contributed by atoms with Gasteiger partial charge in [0.1, 0.15) is 5.41 Å². The molecule has 17 heavy (non-hydrogen) atoms. The van der Waals surface area contributed by atoms with E-state index in [1.807, 2.05) is 0 Å². The van der Waals surface area contributed by atoms with Crippen LogP contribution in [0, 0.1) is 23.2 Å². The van der Waals surface area contributed by atoms with Crippen LogP contribution in [-0.2, 0) is 9.59 Å². The van der Waals surface area contributed by atoms with Crippen molar-refractivity contribution in [3.05, 3.63) is 0 Å². The Labute approximate surface area is 98.4 Å². The summed E-state index contributed by atoms with van der Waals surface area (Å²) in [6.45, 7) is 0. The molecule has 3 unspecified atom stereocenters. The van der Waals surface area contributed by atoms with Crippen LogP contribution in [0.4, 0.5) is 0 Å². The second-order valence-electron chi connectivity index (χ2n) is 6.00. The molecular formula is C12H16O5. The number of aliphatic carboxylic acids is 2. The fourth-order valence-corrected chi connectivity index (χ4v) is 4.73. The van der Waals surface area contributed by atoms with Crippen LogP contribution < -0.4 is 0 Å². The quantitative estimate of drug-likeness (QED) is 0.660. The van der Waals surface area contributed by atoms with Crippen LogP contribution in [0.3, 0.4) is 0 Å². The molecule has 4 rings (SSSR count). The number of carboxylic acids is 2. The van der Waals surface area contributed by atoms with Crippen molar-refractivity contribution in [2.45, 2.75) is 37.7 Å². The van der Waals surface area contributed by atoms with E-state index in [4.69, 9.17) is 0 Å². The molecule has 4 fully saturated rings. The number of aliphatic hydroxyl groups is 1. The molecule has 0 aliphatic heterocycles. The third kappa shape index (κ3) is 1.08. The average Bonchev–Trinajstić information content (AvgIpc) is 2.23. The smallest absolute Gasteiger partial charge is 0.337 e. The first-order chi connectivity index (χ1) is 7.90. The molecule has 0 saturated heterocycles. The number of carbonyl (C=O) groups is 2. The summed E-state index contributed by atoms with van der Waals surface area (Å²) in [6.07, 6.45) is 2.96. The Morgan fingerprint density at radius 3 is 1.88 bits per heavy atom. The van der Waals surface area contributed by atoms with Gasteiger partial charge in [-0.25, -0.2) is 4.79 Å². The molecule has 4 saturated carbocycles. The van der Waals surface area contributed by atoms with Crippen molar-refractivity contribution in [3.8, 4) is 0 Å². The van der Waals surface area contributed by atoms with Crippen molar-refractivity contribution in [2.75, 3.05) is 0 Å². The third-order valence-corrected chi connectivity index (χ3v) is 5.23. The fourth-order valence-electron chi connectivity index (χ4n) is 4.73. The van der Waals surface area contributed by atoms with Crippen LogP contribution in [0.2, 0.25) is 0 Å². The number of hydrogen-bond donors (Lipinski definition) is 3. The molecule has 0 amide bonds. The molecule has 0 aromatic rings. The number of carboxylic acid groups (broad SMARTS) is 2. The highest BCUT2D eigenvalue weighted by molar-refractivity contribution is 5.90. The monoisotopic (exact) mass is 240 g/mol. The van der Waals surface area contributed by atoms with E-state index in [0.717, 1.165) is 6.42 Å². The maximum atomic E-state index is 11.5. The Morgan fingerprint density at radius 2 is 1.47 bits per heavy atom. The van der Waals surface area contributed by atoms with Gasteiger partial charge in [-0.2, -0.15) is 0 Å². The van der Waals surface area contributed by atoms with Gasteiger partial charge >= 0.3 is 11.9 Å². The molecule has 0 heterocycles. The summed E-state index contributed by atoms with van der Waals surface area (Å²) in [4.78, 5) is 23.0. The van der Waals surface area contributed by atoms with E-state index in [0.29, 0.717) is 25.7 Å². The highest BCUT2D eigenvalue weighted by atomic mass is 16.4. The molecule has 4 bridgehead atoms. The van der Waals surface area contributed by atoms with Gasteiger partial charge in [-0.3, -0.25) is 4.79 Å². The highest BCUT2D eigenvalue weighted by Crippen LogP contribution is 2.64. The summed E-state index contributed by atoms with van der Waals surface area (Å²) in [5.74, 6) is -2.32. The molecule has 5 nitrogen and oxygen atoms in total. The van der Waals surface area contributed by atoms with Gasteiger partial charge < -0.3 is 15.3 Å². The molecule has 0 radical (unpaired) electrons. The first kappa shape index (κ1) is 11.0. The zero-order valence-electron chi connectivity index (χ0n) is 9.43. The minimum absolute atomic E-state index is 0.281. The van der Waals surface area contributed by atoms with Crippen LogP contribution in [0.25, 0.3) is 0 Å². The van der Waals surface area contributed by atoms with Gasteiger partial charge in [0.25, 0.3) is 0 Å². The number of hydrogen-bond acceptors (Lipinski definition) is 3. The van der Waals surface area contributed by atoms with E-state index in [2.05, 4.69) is 0 Å². The molecule has 3 N–H and O–H groups in total. The Kier molecular flexibility index (Phi) is 1.95. The lowest BCUT2D eigenvalue weighted by atomic mass is 9.43. The van der Waals surface area contributed by atoms with Crippen LogP contribution in [0.15, 0.2) is 0 Å².